The largest absolute Gasteiger partial charge is 0.0654 e. The van der Waals surface area contributed by atoms with Crippen molar-refractivity contribution in [2.24, 2.45) is 17.3 Å². The average Bonchev–Trinajstić information content (AvgIpc) is 2.04. The molecule has 80 valence electrons. The summed E-state index contributed by atoms with van der Waals surface area (Å²) in [4.78, 5) is 0. The standard InChI is InChI=1S/C13H28/c1-7-8-9-10-12(4)13(5,6)11(2)3/h11-12H,7-10H2,1-6H3. The third-order valence-corrected chi connectivity index (χ3v) is 4.00. The van der Waals surface area contributed by atoms with Crippen LogP contribution < -0.4 is 0 Å². The number of rotatable bonds is 6. The van der Waals surface area contributed by atoms with E-state index < -0.39 is 0 Å². The Morgan fingerprint density at radius 2 is 1.54 bits per heavy atom. The number of hydrogen-bond acceptors (Lipinski definition) is 0. The van der Waals surface area contributed by atoms with Crippen molar-refractivity contribution in [1.29, 1.82) is 0 Å². The van der Waals surface area contributed by atoms with Gasteiger partial charge in [0.15, 0.2) is 0 Å². The molecule has 1 unspecified atom stereocenters. The lowest BCUT2D eigenvalue weighted by Gasteiger charge is -2.36. The summed E-state index contributed by atoms with van der Waals surface area (Å²) in [6, 6.07) is 0. The second kappa shape index (κ2) is 5.67. The van der Waals surface area contributed by atoms with Crippen LogP contribution in [0.1, 0.15) is 67.2 Å². The zero-order chi connectivity index (χ0) is 10.5. The summed E-state index contributed by atoms with van der Waals surface area (Å²) in [6.45, 7) is 14.2. The first-order valence-electron chi connectivity index (χ1n) is 5.92. The highest BCUT2D eigenvalue weighted by Gasteiger charge is 2.28. The Balaban J connectivity index is 3.87. The van der Waals surface area contributed by atoms with E-state index in [9.17, 15) is 0 Å². The maximum Gasteiger partial charge on any atom is -0.0305 e. The summed E-state index contributed by atoms with van der Waals surface area (Å²) in [5, 5.41) is 0. The van der Waals surface area contributed by atoms with Crippen LogP contribution in [0.2, 0.25) is 0 Å². The molecule has 13 heavy (non-hydrogen) atoms. The molecule has 0 bridgehead atoms. The predicted molar refractivity (Wildman–Crippen MR) is 61.9 cm³/mol. The molecule has 0 saturated carbocycles. The van der Waals surface area contributed by atoms with Gasteiger partial charge in [0.2, 0.25) is 0 Å². The molecule has 0 aromatic carbocycles. The Hall–Kier alpha value is 0. The zero-order valence-corrected chi connectivity index (χ0v) is 10.5. The highest BCUT2D eigenvalue weighted by Crippen LogP contribution is 2.37. The van der Waals surface area contributed by atoms with Crippen LogP contribution in [0.15, 0.2) is 0 Å². The lowest BCUT2D eigenvalue weighted by Crippen LogP contribution is -2.27. The molecule has 0 spiro atoms. The Kier molecular flexibility index (Phi) is 5.67. The molecule has 0 heteroatoms. The monoisotopic (exact) mass is 184 g/mol. The molecule has 0 fully saturated rings. The van der Waals surface area contributed by atoms with Gasteiger partial charge >= 0.3 is 0 Å². The van der Waals surface area contributed by atoms with E-state index in [-0.39, 0.29) is 0 Å². The molecule has 0 heterocycles. The van der Waals surface area contributed by atoms with Gasteiger partial charge in [-0.3, -0.25) is 0 Å². The van der Waals surface area contributed by atoms with Crippen molar-refractivity contribution in [3.63, 3.8) is 0 Å². The number of hydrogen-bond donors (Lipinski definition) is 0. The van der Waals surface area contributed by atoms with Crippen LogP contribution in [0.25, 0.3) is 0 Å². The fourth-order valence-electron chi connectivity index (χ4n) is 1.64. The molecular formula is C13H28. The van der Waals surface area contributed by atoms with Gasteiger partial charge in [-0.2, -0.15) is 0 Å². The van der Waals surface area contributed by atoms with Crippen molar-refractivity contribution in [2.75, 3.05) is 0 Å². The Labute approximate surface area is 85.1 Å². The van der Waals surface area contributed by atoms with Gasteiger partial charge in [-0.1, -0.05) is 67.2 Å². The minimum absolute atomic E-state index is 0.508. The molecule has 1 atom stereocenters. The van der Waals surface area contributed by atoms with E-state index in [2.05, 4.69) is 41.5 Å². The molecule has 0 saturated heterocycles. The molecule has 0 aliphatic rings. The predicted octanol–water partition coefficient (Wildman–Crippen LogP) is 4.89. The lowest BCUT2D eigenvalue weighted by molar-refractivity contribution is 0.140. The molecule has 0 amide bonds. The van der Waals surface area contributed by atoms with Gasteiger partial charge in [0.25, 0.3) is 0 Å². The fraction of sp³-hybridized carbons (Fsp3) is 1.00. The second-order valence-corrected chi connectivity index (χ2v) is 5.37. The maximum absolute atomic E-state index is 2.41. The summed E-state index contributed by atoms with van der Waals surface area (Å²) in [7, 11) is 0. The van der Waals surface area contributed by atoms with Crippen LogP contribution in [-0.4, -0.2) is 0 Å². The summed E-state index contributed by atoms with van der Waals surface area (Å²) in [6.07, 6.45) is 5.56. The second-order valence-electron chi connectivity index (χ2n) is 5.37. The SMILES string of the molecule is CCCCCC(C)C(C)(C)C(C)C. The van der Waals surface area contributed by atoms with Crippen molar-refractivity contribution in [1.82, 2.24) is 0 Å². The number of unbranched alkanes of at least 4 members (excludes halogenated alkanes) is 2. The van der Waals surface area contributed by atoms with Gasteiger partial charge in [0, 0.05) is 0 Å². The van der Waals surface area contributed by atoms with E-state index in [1.54, 1.807) is 0 Å². The van der Waals surface area contributed by atoms with Crippen molar-refractivity contribution < 1.29 is 0 Å². The Bertz CT molecular complexity index is 122. The highest BCUT2D eigenvalue weighted by atomic mass is 14.3. The topological polar surface area (TPSA) is 0 Å². The fourth-order valence-corrected chi connectivity index (χ4v) is 1.64. The van der Waals surface area contributed by atoms with Gasteiger partial charge < -0.3 is 0 Å². The smallest absolute Gasteiger partial charge is 0.0305 e. The van der Waals surface area contributed by atoms with Gasteiger partial charge in [-0.15, -0.1) is 0 Å². The van der Waals surface area contributed by atoms with Gasteiger partial charge in [0.05, 0.1) is 0 Å². The van der Waals surface area contributed by atoms with E-state index in [0.717, 1.165) is 11.8 Å². The summed E-state index contributed by atoms with van der Waals surface area (Å²) in [5.41, 5.74) is 0.508. The molecule has 0 aliphatic carbocycles. The van der Waals surface area contributed by atoms with E-state index in [4.69, 9.17) is 0 Å². The van der Waals surface area contributed by atoms with E-state index in [1.807, 2.05) is 0 Å². The highest BCUT2D eigenvalue weighted by molar-refractivity contribution is 4.78. The Morgan fingerprint density at radius 1 is 1.00 bits per heavy atom. The minimum Gasteiger partial charge on any atom is -0.0654 e. The van der Waals surface area contributed by atoms with Crippen molar-refractivity contribution in [3.05, 3.63) is 0 Å². The molecule has 0 aromatic heterocycles. The normalized spacial score (nSPS) is 15.0. The van der Waals surface area contributed by atoms with Gasteiger partial charge in [0.1, 0.15) is 0 Å². The van der Waals surface area contributed by atoms with E-state index in [0.29, 0.717) is 5.41 Å². The first kappa shape index (κ1) is 13.0. The first-order valence-corrected chi connectivity index (χ1v) is 5.92. The van der Waals surface area contributed by atoms with Crippen LogP contribution in [0.3, 0.4) is 0 Å². The van der Waals surface area contributed by atoms with Crippen LogP contribution in [0.5, 0.6) is 0 Å². The lowest BCUT2D eigenvalue weighted by atomic mass is 9.70. The zero-order valence-electron chi connectivity index (χ0n) is 10.5. The summed E-state index contributed by atoms with van der Waals surface area (Å²) < 4.78 is 0. The van der Waals surface area contributed by atoms with Crippen LogP contribution >= 0.6 is 0 Å². The summed E-state index contributed by atoms with van der Waals surface area (Å²) in [5.74, 6) is 1.66. The van der Waals surface area contributed by atoms with Gasteiger partial charge in [-0.05, 0) is 17.3 Å². The molecule has 0 N–H and O–H groups in total. The molecular weight excluding hydrogens is 156 g/mol. The molecule has 0 radical (unpaired) electrons. The quantitative estimate of drug-likeness (QED) is 0.516. The van der Waals surface area contributed by atoms with E-state index in [1.165, 1.54) is 25.7 Å². The van der Waals surface area contributed by atoms with Crippen molar-refractivity contribution in [3.8, 4) is 0 Å². The maximum atomic E-state index is 2.41. The van der Waals surface area contributed by atoms with Crippen LogP contribution in [0, 0.1) is 17.3 Å². The van der Waals surface area contributed by atoms with Gasteiger partial charge in [-0.25, -0.2) is 0 Å². The third kappa shape index (κ3) is 4.15. The minimum atomic E-state index is 0.508. The molecule has 0 aliphatic heterocycles. The third-order valence-electron chi connectivity index (χ3n) is 4.00. The molecule has 0 rings (SSSR count). The van der Waals surface area contributed by atoms with Crippen LogP contribution in [-0.2, 0) is 0 Å². The first-order chi connectivity index (χ1) is 5.92. The summed E-state index contributed by atoms with van der Waals surface area (Å²) >= 11 is 0. The Morgan fingerprint density at radius 3 is 1.92 bits per heavy atom. The van der Waals surface area contributed by atoms with E-state index >= 15 is 0 Å². The average molecular weight is 184 g/mol. The molecule has 0 nitrogen and oxygen atoms in total. The molecule has 0 aromatic rings. The van der Waals surface area contributed by atoms with Crippen molar-refractivity contribution in [2.45, 2.75) is 67.2 Å². The van der Waals surface area contributed by atoms with Crippen LogP contribution in [0.4, 0.5) is 0 Å². The van der Waals surface area contributed by atoms with Crippen molar-refractivity contribution >= 4 is 0 Å².